The van der Waals surface area contributed by atoms with Gasteiger partial charge >= 0.3 is 6.18 Å². The maximum Gasteiger partial charge on any atom is 0.417 e. The third-order valence-corrected chi connectivity index (χ3v) is 18.3. The maximum atomic E-state index is 15.0. The highest BCUT2D eigenvalue weighted by atomic mass is 35.5. The van der Waals surface area contributed by atoms with E-state index in [0.717, 1.165) is 32.4 Å². The summed E-state index contributed by atoms with van der Waals surface area (Å²) in [5, 5.41) is 10.5. The highest BCUT2D eigenvalue weighted by Crippen LogP contribution is 2.35. The lowest BCUT2D eigenvalue weighted by molar-refractivity contribution is -0.158. The minimum Gasteiger partial charge on any atom is -0.343 e. The first-order valence-electron chi connectivity index (χ1n) is 31.2. The largest absolute Gasteiger partial charge is 0.417 e. The molecule has 0 aromatic heterocycles. The number of alkyl halides is 3. The Morgan fingerprint density at radius 2 is 1.16 bits per heavy atom. The van der Waals surface area contributed by atoms with Crippen LogP contribution in [0.2, 0.25) is 5.02 Å². The molecule has 1 unspecified atom stereocenters. The number of benzene rings is 2. The Morgan fingerprint density at radius 1 is 0.626 bits per heavy atom. The Balaban J connectivity index is 1.84. The van der Waals surface area contributed by atoms with Gasteiger partial charge in [-0.1, -0.05) is 95.5 Å². The lowest BCUT2D eigenvalue weighted by Crippen LogP contribution is -2.64. The number of amides is 11. The summed E-state index contributed by atoms with van der Waals surface area (Å²) in [4.78, 5) is 168. The Bertz CT molecular complexity index is 2980. The molecule has 10 atom stereocenters. The normalized spacial score (nSPS) is 25.7. The molecule has 0 spiro atoms. The smallest absolute Gasteiger partial charge is 0.343 e. The summed E-state index contributed by atoms with van der Waals surface area (Å²) in [5.74, 6) is -8.35. The average molecular weight is 1300 g/mol. The minimum absolute atomic E-state index is 0.0145. The van der Waals surface area contributed by atoms with E-state index in [4.69, 9.17) is 11.6 Å². The van der Waals surface area contributed by atoms with Crippen LogP contribution in [0.1, 0.15) is 137 Å². The van der Waals surface area contributed by atoms with Crippen LogP contribution in [-0.2, 0) is 71.8 Å². The van der Waals surface area contributed by atoms with Crippen molar-refractivity contribution in [3.8, 4) is 0 Å². The van der Waals surface area contributed by atoms with Gasteiger partial charge < -0.3 is 55.6 Å². The van der Waals surface area contributed by atoms with E-state index >= 15 is 0 Å². The van der Waals surface area contributed by atoms with E-state index in [9.17, 15) is 65.9 Å². The summed E-state index contributed by atoms with van der Waals surface area (Å²) in [6.07, 6.45) is -4.66. The molecular weight excluding hydrogens is 1200 g/mol. The van der Waals surface area contributed by atoms with Gasteiger partial charge in [-0.05, 0) is 115 Å². The van der Waals surface area contributed by atoms with Crippen molar-refractivity contribution in [2.45, 2.75) is 201 Å². The SMILES string of the molecule is CC[C@H](C)[C@@H]1NC(=O)[C@H](C)N(C)C(=O)C[C@@H](C)N(C)C(=O)[C@H](CC(C)C)NC(=O)C(C)(C)N(C)C(=O)C(CC(C)C)NC(=O)[C@H](CCc2ccc(C(F)(F)F)c(Cl)c2)NC(=O)[C@@H](C)N(C)C(=O)[C@H](Cc2ccc(C)cc2)N(C)C(=O)[C@@H]2CCN2C(=O)CN(C)C1=O. The van der Waals surface area contributed by atoms with Crippen LogP contribution < -0.4 is 21.3 Å². The predicted octanol–water partition coefficient (Wildman–Crippen LogP) is 4.99. The number of nitrogens with zero attached hydrogens (tertiary/aromatic N) is 7. The van der Waals surface area contributed by atoms with E-state index in [-0.39, 0.29) is 68.9 Å². The number of fused-ring (bicyclic) bond motifs is 1. The third-order valence-electron chi connectivity index (χ3n) is 18.0. The van der Waals surface area contributed by atoms with Gasteiger partial charge in [-0.15, -0.1) is 0 Å². The molecule has 22 nitrogen and oxygen atoms in total. The molecule has 26 heteroatoms. The molecule has 2 aromatic carbocycles. The van der Waals surface area contributed by atoms with Crippen LogP contribution in [0, 0.1) is 24.7 Å². The number of rotatable bonds is 11. The molecule has 2 fully saturated rings. The fourth-order valence-electron chi connectivity index (χ4n) is 10.7. The highest BCUT2D eigenvalue weighted by Gasteiger charge is 2.46. The van der Waals surface area contributed by atoms with Gasteiger partial charge in [0, 0.05) is 67.7 Å². The molecule has 4 rings (SSSR count). The van der Waals surface area contributed by atoms with Crippen LogP contribution in [-0.4, -0.2) is 215 Å². The highest BCUT2D eigenvalue weighted by molar-refractivity contribution is 6.31. The van der Waals surface area contributed by atoms with Gasteiger partial charge in [-0.25, -0.2) is 0 Å². The molecule has 506 valence electrons. The third kappa shape index (κ3) is 19.6. The molecule has 11 amide bonds. The van der Waals surface area contributed by atoms with Gasteiger partial charge in [0.15, 0.2) is 0 Å². The predicted molar refractivity (Wildman–Crippen MR) is 338 cm³/mol. The molecule has 2 aromatic rings. The van der Waals surface area contributed by atoms with Crippen LogP contribution in [0.25, 0.3) is 0 Å². The number of likely N-dealkylation sites (N-methyl/N-ethyl adjacent to an activating group) is 6. The van der Waals surface area contributed by atoms with E-state index in [1.54, 1.807) is 39.8 Å². The first kappa shape index (κ1) is 76.1. The molecule has 2 aliphatic heterocycles. The van der Waals surface area contributed by atoms with Gasteiger partial charge in [-0.3, -0.25) is 52.7 Å². The van der Waals surface area contributed by atoms with Gasteiger partial charge in [-0.2, -0.15) is 13.2 Å². The molecular formula is C65H97ClF3N11O11. The summed E-state index contributed by atoms with van der Waals surface area (Å²) in [7, 11) is 8.39. The summed E-state index contributed by atoms with van der Waals surface area (Å²) in [5.41, 5.74) is -0.964. The van der Waals surface area contributed by atoms with Crippen molar-refractivity contribution in [2.24, 2.45) is 17.8 Å². The topological polar surface area (TPSA) is 259 Å². The maximum absolute atomic E-state index is 15.0. The van der Waals surface area contributed by atoms with Crippen molar-refractivity contribution < 1.29 is 65.9 Å². The molecule has 91 heavy (non-hydrogen) atoms. The second-order valence-corrected chi connectivity index (χ2v) is 26.5. The fraction of sp³-hybridized carbons (Fsp3) is 0.646. The van der Waals surface area contributed by atoms with Crippen molar-refractivity contribution in [1.29, 1.82) is 0 Å². The zero-order chi connectivity index (χ0) is 69.1. The molecule has 4 N–H and O–H groups in total. The van der Waals surface area contributed by atoms with Crippen molar-refractivity contribution in [1.82, 2.24) is 55.6 Å². The Hall–Kier alpha value is -7.31. The number of aryl methyl sites for hydroxylation is 2. The Kier molecular flexibility index (Phi) is 27.0. The van der Waals surface area contributed by atoms with Gasteiger partial charge in [0.1, 0.15) is 53.9 Å². The summed E-state index contributed by atoms with van der Waals surface area (Å²) in [6.45, 7) is 19.8. The van der Waals surface area contributed by atoms with Gasteiger partial charge in [0.2, 0.25) is 65.0 Å². The Morgan fingerprint density at radius 3 is 1.69 bits per heavy atom. The lowest BCUT2D eigenvalue weighted by atomic mass is 9.95. The van der Waals surface area contributed by atoms with Crippen LogP contribution in [0.5, 0.6) is 0 Å². The average Bonchev–Trinajstić information content (AvgIpc) is 0.859. The van der Waals surface area contributed by atoms with Gasteiger partial charge in [0.05, 0.1) is 17.1 Å². The number of hydrogen-bond donors (Lipinski definition) is 4. The molecule has 2 heterocycles. The molecule has 0 aliphatic carbocycles. The molecule has 2 aliphatic rings. The van der Waals surface area contributed by atoms with Crippen molar-refractivity contribution in [2.75, 3.05) is 55.4 Å². The summed E-state index contributed by atoms with van der Waals surface area (Å²) in [6, 6.07) is -0.472. The Labute approximate surface area is 539 Å². The quantitative estimate of drug-likeness (QED) is 0.233. The minimum atomic E-state index is -4.77. The number of hydrogen-bond acceptors (Lipinski definition) is 11. The van der Waals surface area contributed by atoms with E-state index in [0.29, 0.717) is 12.0 Å². The van der Waals surface area contributed by atoms with E-state index in [1.807, 2.05) is 39.8 Å². The van der Waals surface area contributed by atoms with Crippen LogP contribution >= 0.6 is 11.6 Å². The zero-order valence-corrected chi connectivity index (χ0v) is 56.9. The summed E-state index contributed by atoms with van der Waals surface area (Å²) >= 11 is 6.11. The molecule has 2 saturated heterocycles. The van der Waals surface area contributed by atoms with E-state index in [1.165, 1.54) is 95.6 Å². The summed E-state index contributed by atoms with van der Waals surface area (Å²) < 4.78 is 41.4. The zero-order valence-electron chi connectivity index (χ0n) is 56.2. The molecule has 0 saturated carbocycles. The van der Waals surface area contributed by atoms with Crippen LogP contribution in [0.4, 0.5) is 13.2 Å². The second-order valence-electron chi connectivity index (χ2n) is 26.1. The molecule has 0 bridgehead atoms. The van der Waals surface area contributed by atoms with Crippen LogP contribution in [0.3, 0.4) is 0 Å². The van der Waals surface area contributed by atoms with E-state index in [2.05, 4.69) is 21.3 Å². The number of nitrogens with one attached hydrogen (secondary N) is 4. The number of carbonyl (C=O) groups excluding carboxylic acids is 11. The fourth-order valence-corrected chi connectivity index (χ4v) is 11.0. The first-order valence-corrected chi connectivity index (χ1v) is 31.5. The van der Waals surface area contributed by atoms with Gasteiger partial charge in [0.25, 0.3) is 0 Å². The second kappa shape index (κ2) is 32.3. The first-order chi connectivity index (χ1) is 42.2. The monoisotopic (exact) mass is 1300 g/mol. The standard InChI is InChI=1S/C65H97ClF3N11O11/c1-19-39(7)54-62(90)74(13)35-53(82)80-29-28-50(80)60(88)78(17)51(34-44-22-20-38(6)21-23-44)61(89)77(16)42(10)55(83)70-47(27-25-43-24-26-45(46(66)33-43)65(67,68)69)57(85)71-49(31-37(4)5)59(87)79(18)64(11,12)63(91)72-48(30-36(2)3)58(86)75(14)40(8)32-52(81)76(15)41(9)56(84)73-54/h20-24,26,33,36-37,39-42,47-51,54H,19,25,27-32,34-35H2,1-18H3,(H,70,83)(H,71,85)(H,72,91)(H,73,84)/t39-,40+,41-,42+,47-,48-,49?,50-,51-,54-/m0/s1. The van der Waals surface area contributed by atoms with E-state index < -0.39 is 154 Å². The van der Waals surface area contributed by atoms with Crippen molar-refractivity contribution in [3.63, 3.8) is 0 Å². The lowest BCUT2D eigenvalue weighted by Gasteiger charge is -2.44. The number of halogens is 4. The molecule has 0 radical (unpaired) electrons. The van der Waals surface area contributed by atoms with Crippen molar-refractivity contribution in [3.05, 3.63) is 69.7 Å². The number of carbonyl (C=O) groups is 11. The van der Waals surface area contributed by atoms with Crippen molar-refractivity contribution >= 4 is 76.6 Å². The van der Waals surface area contributed by atoms with Crippen LogP contribution in [0.15, 0.2) is 42.5 Å².